The number of allylic oxidation sites excluding steroid dienone is 12. The Bertz CT molecular complexity index is 1470. The molecule has 0 aliphatic rings. The molecular formula is C74H132O6. The normalized spacial score (nSPS) is 12.5. The van der Waals surface area contributed by atoms with Crippen molar-refractivity contribution in [3.8, 4) is 0 Å². The molecule has 80 heavy (non-hydrogen) atoms. The number of esters is 3. The van der Waals surface area contributed by atoms with Crippen molar-refractivity contribution in [2.45, 2.75) is 367 Å². The van der Waals surface area contributed by atoms with Crippen molar-refractivity contribution in [3.05, 3.63) is 72.9 Å². The van der Waals surface area contributed by atoms with Gasteiger partial charge in [-0.15, -0.1) is 0 Å². The van der Waals surface area contributed by atoms with E-state index in [1.54, 1.807) is 0 Å². The van der Waals surface area contributed by atoms with E-state index >= 15 is 0 Å². The predicted molar refractivity (Wildman–Crippen MR) is 348 cm³/mol. The molecule has 1 unspecified atom stereocenters. The Morgan fingerprint density at radius 2 is 0.500 bits per heavy atom. The number of hydrogen-bond acceptors (Lipinski definition) is 6. The van der Waals surface area contributed by atoms with E-state index < -0.39 is 6.10 Å². The van der Waals surface area contributed by atoms with E-state index in [1.165, 1.54) is 218 Å². The highest BCUT2D eigenvalue weighted by molar-refractivity contribution is 5.71. The summed E-state index contributed by atoms with van der Waals surface area (Å²) in [5, 5.41) is 0. The molecule has 0 aromatic rings. The molecule has 0 aliphatic heterocycles. The van der Waals surface area contributed by atoms with E-state index in [0.717, 1.165) is 103 Å². The molecule has 6 heteroatoms. The van der Waals surface area contributed by atoms with Gasteiger partial charge in [-0.05, 0) is 83.5 Å². The lowest BCUT2D eigenvalue weighted by Gasteiger charge is -2.18. The summed E-state index contributed by atoms with van der Waals surface area (Å²) < 4.78 is 16.9. The summed E-state index contributed by atoms with van der Waals surface area (Å²) in [4.78, 5) is 38.3. The molecule has 0 fully saturated rings. The van der Waals surface area contributed by atoms with Gasteiger partial charge in [-0.3, -0.25) is 14.4 Å². The molecule has 0 aromatic carbocycles. The van der Waals surface area contributed by atoms with Gasteiger partial charge in [-0.25, -0.2) is 0 Å². The van der Waals surface area contributed by atoms with Crippen molar-refractivity contribution in [2.24, 2.45) is 0 Å². The van der Waals surface area contributed by atoms with Gasteiger partial charge in [0, 0.05) is 19.3 Å². The van der Waals surface area contributed by atoms with Gasteiger partial charge in [0.1, 0.15) is 13.2 Å². The lowest BCUT2D eigenvalue weighted by atomic mass is 10.0. The Hall–Kier alpha value is -3.15. The first-order chi connectivity index (χ1) is 39.5. The predicted octanol–water partition coefficient (Wildman–Crippen LogP) is 24.1. The molecule has 0 spiro atoms. The molecule has 0 radical (unpaired) electrons. The zero-order valence-corrected chi connectivity index (χ0v) is 53.3. The molecule has 464 valence electrons. The first-order valence-electron chi connectivity index (χ1n) is 34.9. The van der Waals surface area contributed by atoms with Gasteiger partial charge in [-0.2, -0.15) is 0 Å². The van der Waals surface area contributed by atoms with Crippen molar-refractivity contribution in [1.82, 2.24) is 0 Å². The van der Waals surface area contributed by atoms with Crippen LogP contribution in [0, 0.1) is 0 Å². The summed E-state index contributed by atoms with van der Waals surface area (Å²) in [5.41, 5.74) is 0. The summed E-state index contributed by atoms with van der Waals surface area (Å²) in [6.07, 6.45) is 89.4. The van der Waals surface area contributed by atoms with Gasteiger partial charge in [0.25, 0.3) is 0 Å². The molecule has 0 heterocycles. The first-order valence-corrected chi connectivity index (χ1v) is 34.9. The number of ether oxygens (including phenoxy) is 3. The number of carbonyl (C=O) groups excluding carboxylic acids is 3. The van der Waals surface area contributed by atoms with E-state index in [1.807, 2.05) is 0 Å². The molecule has 0 bridgehead atoms. The lowest BCUT2D eigenvalue weighted by molar-refractivity contribution is -0.167. The highest BCUT2D eigenvalue weighted by Crippen LogP contribution is 2.18. The molecule has 0 rings (SSSR count). The maximum atomic E-state index is 12.9. The highest BCUT2D eigenvalue weighted by Gasteiger charge is 2.19. The van der Waals surface area contributed by atoms with Crippen molar-refractivity contribution in [2.75, 3.05) is 13.2 Å². The fraction of sp³-hybridized carbons (Fsp3) is 0.797. The minimum Gasteiger partial charge on any atom is -0.462 e. The third-order valence-corrected chi connectivity index (χ3v) is 15.4. The van der Waals surface area contributed by atoms with Crippen LogP contribution in [0.2, 0.25) is 0 Å². The number of hydrogen-bond donors (Lipinski definition) is 0. The molecule has 0 amide bonds. The number of unbranched alkanes of at least 4 members (excludes halogenated alkanes) is 41. The third kappa shape index (κ3) is 65.7. The second-order valence-corrected chi connectivity index (χ2v) is 23.4. The van der Waals surface area contributed by atoms with Crippen LogP contribution < -0.4 is 0 Å². The second kappa shape index (κ2) is 68.3. The lowest BCUT2D eigenvalue weighted by Crippen LogP contribution is -2.30. The third-order valence-electron chi connectivity index (χ3n) is 15.4. The Kier molecular flexibility index (Phi) is 65.7. The summed E-state index contributed by atoms with van der Waals surface area (Å²) in [5.74, 6) is -0.883. The Morgan fingerprint density at radius 1 is 0.263 bits per heavy atom. The molecule has 0 N–H and O–H groups in total. The van der Waals surface area contributed by atoms with Crippen LogP contribution in [0.15, 0.2) is 72.9 Å². The van der Waals surface area contributed by atoms with Crippen LogP contribution in [-0.4, -0.2) is 37.2 Å². The van der Waals surface area contributed by atoms with Gasteiger partial charge < -0.3 is 14.2 Å². The van der Waals surface area contributed by atoms with Crippen molar-refractivity contribution in [1.29, 1.82) is 0 Å². The largest absolute Gasteiger partial charge is 0.462 e. The smallest absolute Gasteiger partial charge is 0.306 e. The fourth-order valence-corrected chi connectivity index (χ4v) is 10.2. The van der Waals surface area contributed by atoms with Crippen molar-refractivity contribution >= 4 is 17.9 Å². The summed E-state index contributed by atoms with van der Waals surface area (Å²) in [7, 11) is 0. The summed E-state index contributed by atoms with van der Waals surface area (Å²) >= 11 is 0. The standard InChI is InChI=1S/C74H132O6/c1-4-7-10-13-16-19-22-24-26-28-30-32-34-35-36-37-38-40-41-43-45-47-49-52-55-58-61-64-67-73(76)79-70-71(69-78-72(75)66-63-60-57-54-51-21-18-15-12-9-6-3)80-74(77)68-65-62-59-56-53-50-48-46-44-42-39-33-31-29-27-25-23-20-17-14-11-8-5-2/h8,11,15,17-18,20,25,27,31,33,42,44,71H,4-7,9-10,12-14,16,19,21-24,26,28-30,32,34-41,43,45-70H2,1-3H3/b11-8-,18-15-,20-17-,27-25-,33-31-,44-42-. The molecule has 0 aromatic heterocycles. The van der Waals surface area contributed by atoms with Crippen LogP contribution in [0.25, 0.3) is 0 Å². The Labute approximate surface area is 497 Å². The fourth-order valence-electron chi connectivity index (χ4n) is 10.2. The minimum atomic E-state index is -0.785. The van der Waals surface area contributed by atoms with Gasteiger partial charge >= 0.3 is 17.9 Å². The van der Waals surface area contributed by atoms with E-state index in [-0.39, 0.29) is 31.1 Å². The zero-order chi connectivity index (χ0) is 57.8. The Balaban J connectivity index is 4.20. The van der Waals surface area contributed by atoms with E-state index in [0.29, 0.717) is 19.3 Å². The van der Waals surface area contributed by atoms with Gasteiger partial charge in [0.05, 0.1) is 0 Å². The van der Waals surface area contributed by atoms with E-state index in [2.05, 4.69) is 93.7 Å². The van der Waals surface area contributed by atoms with Crippen LogP contribution in [0.5, 0.6) is 0 Å². The van der Waals surface area contributed by atoms with Crippen LogP contribution >= 0.6 is 0 Å². The Morgan fingerprint density at radius 3 is 0.812 bits per heavy atom. The summed E-state index contributed by atoms with van der Waals surface area (Å²) in [6, 6.07) is 0. The maximum Gasteiger partial charge on any atom is 0.306 e. The first kappa shape index (κ1) is 76.9. The van der Waals surface area contributed by atoms with E-state index in [9.17, 15) is 14.4 Å². The zero-order valence-electron chi connectivity index (χ0n) is 53.3. The molecule has 0 saturated carbocycles. The SMILES string of the molecule is CC/C=C\C/C=C\C/C=C\C/C=C\C/C=C\CCCCCCCCCC(=O)OC(COC(=O)CCCCCCC/C=C\CCCC)COC(=O)CCCCCCCCCCCCCCCCCCCCCCCCCCCCCC. The van der Waals surface area contributed by atoms with Crippen LogP contribution in [-0.2, 0) is 28.6 Å². The van der Waals surface area contributed by atoms with Crippen LogP contribution in [0.1, 0.15) is 361 Å². The van der Waals surface area contributed by atoms with Crippen LogP contribution in [0.4, 0.5) is 0 Å². The van der Waals surface area contributed by atoms with E-state index in [4.69, 9.17) is 14.2 Å². The average molecular weight is 1120 g/mol. The molecule has 1 atom stereocenters. The quantitative estimate of drug-likeness (QED) is 0.0261. The van der Waals surface area contributed by atoms with Crippen molar-refractivity contribution in [3.63, 3.8) is 0 Å². The second-order valence-electron chi connectivity index (χ2n) is 23.4. The number of carbonyl (C=O) groups is 3. The highest BCUT2D eigenvalue weighted by atomic mass is 16.6. The topological polar surface area (TPSA) is 78.9 Å². The summed E-state index contributed by atoms with van der Waals surface area (Å²) in [6.45, 7) is 6.52. The maximum absolute atomic E-state index is 12.9. The van der Waals surface area contributed by atoms with Gasteiger partial charge in [-0.1, -0.05) is 331 Å². The van der Waals surface area contributed by atoms with Gasteiger partial charge in [0.15, 0.2) is 6.10 Å². The molecule has 0 saturated heterocycles. The molecule has 0 aliphatic carbocycles. The van der Waals surface area contributed by atoms with Gasteiger partial charge in [0.2, 0.25) is 0 Å². The molecular weight excluding hydrogens is 985 g/mol. The average Bonchev–Trinajstić information content (AvgIpc) is 3.46. The van der Waals surface area contributed by atoms with Crippen LogP contribution in [0.3, 0.4) is 0 Å². The number of rotatable bonds is 64. The monoisotopic (exact) mass is 1120 g/mol. The molecule has 6 nitrogen and oxygen atoms in total. The minimum absolute atomic E-state index is 0.0795. The van der Waals surface area contributed by atoms with Crippen molar-refractivity contribution < 1.29 is 28.6 Å².